The van der Waals surface area contributed by atoms with Crippen molar-refractivity contribution in [1.29, 1.82) is 0 Å². The van der Waals surface area contributed by atoms with E-state index in [0.29, 0.717) is 11.3 Å². The maximum absolute atomic E-state index is 12.0. The lowest BCUT2D eigenvalue weighted by Crippen LogP contribution is -2.16. The zero-order valence-electron chi connectivity index (χ0n) is 11.9. The molecule has 1 aromatic carbocycles. The van der Waals surface area contributed by atoms with Crippen molar-refractivity contribution >= 4 is 17.6 Å². The summed E-state index contributed by atoms with van der Waals surface area (Å²) in [4.78, 5) is 27.1. The van der Waals surface area contributed by atoms with Gasteiger partial charge in [0.2, 0.25) is 5.91 Å². The normalized spacial score (nSPS) is 10.2. The fraction of sp³-hybridized carbons (Fsp3) is 0.188. The van der Waals surface area contributed by atoms with Crippen LogP contribution in [-0.2, 0) is 11.2 Å². The summed E-state index contributed by atoms with van der Waals surface area (Å²) >= 11 is 0. The molecule has 0 fully saturated rings. The van der Waals surface area contributed by atoms with Gasteiger partial charge in [-0.15, -0.1) is 0 Å². The molecule has 0 aliphatic rings. The lowest BCUT2D eigenvalue weighted by atomic mass is 10.1. The summed E-state index contributed by atoms with van der Waals surface area (Å²) in [5, 5.41) is 11.7. The molecule has 0 aliphatic carbocycles. The van der Waals surface area contributed by atoms with E-state index < -0.39 is 5.97 Å². The maximum atomic E-state index is 12.0. The van der Waals surface area contributed by atoms with E-state index in [1.54, 1.807) is 19.2 Å². The lowest BCUT2D eigenvalue weighted by molar-refractivity contribution is -0.115. The minimum Gasteiger partial charge on any atom is -0.478 e. The van der Waals surface area contributed by atoms with Crippen molar-refractivity contribution in [1.82, 2.24) is 4.98 Å². The Hall–Kier alpha value is -2.69. The number of aromatic carboxylic acids is 1. The summed E-state index contributed by atoms with van der Waals surface area (Å²) in [6.07, 6.45) is 1.84. The molecular formula is C16H16N2O3. The van der Waals surface area contributed by atoms with Gasteiger partial charge < -0.3 is 10.4 Å². The number of carbonyl (C=O) groups is 2. The lowest BCUT2D eigenvalue weighted by Gasteiger charge is -2.09. The van der Waals surface area contributed by atoms with Crippen molar-refractivity contribution in [2.45, 2.75) is 20.3 Å². The Labute approximate surface area is 122 Å². The predicted octanol–water partition coefficient (Wildman–Crippen LogP) is 2.58. The number of nitrogens with zero attached hydrogens (tertiary/aromatic N) is 1. The van der Waals surface area contributed by atoms with Crippen LogP contribution in [0.15, 0.2) is 36.5 Å². The second-order valence-corrected chi connectivity index (χ2v) is 4.83. The molecule has 0 saturated heterocycles. The first-order valence-corrected chi connectivity index (χ1v) is 6.51. The highest BCUT2D eigenvalue weighted by molar-refractivity contribution is 5.94. The van der Waals surface area contributed by atoms with Crippen LogP contribution in [0.2, 0.25) is 0 Å². The number of aromatic nitrogens is 1. The zero-order chi connectivity index (χ0) is 15.4. The van der Waals surface area contributed by atoms with Gasteiger partial charge in [0.15, 0.2) is 0 Å². The predicted molar refractivity (Wildman–Crippen MR) is 79.4 cm³/mol. The van der Waals surface area contributed by atoms with E-state index in [4.69, 9.17) is 5.11 Å². The molecular weight excluding hydrogens is 268 g/mol. The van der Waals surface area contributed by atoms with E-state index in [9.17, 15) is 9.59 Å². The van der Waals surface area contributed by atoms with Gasteiger partial charge in [0.1, 0.15) is 0 Å². The number of amides is 1. The molecule has 1 amide bonds. The number of pyridine rings is 1. The summed E-state index contributed by atoms with van der Waals surface area (Å²) in [6, 6.07) is 8.33. The van der Waals surface area contributed by atoms with Crippen molar-refractivity contribution in [2.75, 3.05) is 5.32 Å². The highest BCUT2D eigenvalue weighted by Crippen LogP contribution is 2.17. The molecule has 2 aromatic rings. The highest BCUT2D eigenvalue weighted by Gasteiger charge is 2.10. The third-order valence-corrected chi connectivity index (χ3v) is 3.19. The van der Waals surface area contributed by atoms with Gasteiger partial charge in [0.05, 0.1) is 17.7 Å². The van der Waals surface area contributed by atoms with Crippen LogP contribution in [0.25, 0.3) is 0 Å². The maximum Gasteiger partial charge on any atom is 0.335 e. The van der Waals surface area contributed by atoms with Gasteiger partial charge in [-0.2, -0.15) is 0 Å². The van der Waals surface area contributed by atoms with Crippen molar-refractivity contribution in [3.63, 3.8) is 0 Å². The molecule has 1 aromatic heterocycles. The van der Waals surface area contributed by atoms with Gasteiger partial charge in [-0.1, -0.05) is 6.07 Å². The van der Waals surface area contributed by atoms with Gasteiger partial charge in [-0.05, 0) is 49.2 Å². The van der Waals surface area contributed by atoms with Crippen LogP contribution in [-0.4, -0.2) is 22.0 Å². The second kappa shape index (κ2) is 6.17. The van der Waals surface area contributed by atoms with Crippen molar-refractivity contribution in [3.05, 3.63) is 58.9 Å². The molecule has 0 saturated carbocycles. The zero-order valence-corrected chi connectivity index (χ0v) is 11.9. The van der Waals surface area contributed by atoms with Crippen LogP contribution >= 0.6 is 0 Å². The fourth-order valence-corrected chi connectivity index (χ4v) is 1.99. The summed E-state index contributed by atoms with van der Waals surface area (Å²) in [5.41, 5.74) is 3.21. The van der Waals surface area contributed by atoms with Crippen molar-refractivity contribution < 1.29 is 14.7 Å². The molecule has 21 heavy (non-hydrogen) atoms. The van der Waals surface area contributed by atoms with Crippen molar-refractivity contribution in [3.8, 4) is 0 Å². The molecule has 0 spiro atoms. The van der Waals surface area contributed by atoms with Gasteiger partial charge in [-0.25, -0.2) is 4.79 Å². The summed E-state index contributed by atoms with van der Waals surface area (Å²) in [5.74, 6) is -1.16. The number of nitrogens with one attached hydrogen (secondary N) is 1. The van der Waals surface area contributed by atoms with Crippen LogP contribution in [0.4, 0.5) is 5.69 Å². The Morgan fingerprint density at radius 3 is 2.57 bits per heavy atom. The number of carboxylic acids is 1. The molecule has 2 rings (SSSR count). The molecule has 5 nitrogen and oxygen atoms in total. The number of aryl methyl sites for hydroxylation is 2. The van der Waals surface area contributed by atoms with E-state index in [-0.39, 0.29) is 17.9 Å². The van der Waals surface area contributed by atoms with Crippen LogP contribution in [0.1, 0.15) is 27.2 Å². The molecule has 0 atom stereocenters. The average Bonchev–Trinajstić information content (AvgIpc) is 2.43. The quantitative estimate of drug-likeness (QED) is 0.904. The van der Waals surface area contributed by atoms with E-state index in [0.717, 1.165) is 11.3 Å². The fourth-order valence-electron chi connectivity index (χ4n) is 1.99. The third kappa shape index (κ3) is 3.66. The number of hydrogen-bond acceptors (Lipinski definition) is 3. The molecule has 0 radical (unpaired) electrons. The summed E-state index contributed by atoms with van der Waals surface area (Å²) in [6.45, 7) is 3.66. The number of carboxylic acid groups (broad SMARTS) is 1. The average molecular weight is 284 g/mol. The number of hydrogen-bond donors (Lipinski definition) is 2. The second-order valence-electron chi connectivity index (χ2n) is 4.83. The van der Waals surface area contributed by atoms with Gasteiger partial charge in [0.25, 0.3) is 0 Å². The summed E-state index contributed by atoms with van der Waals surface area (Å²) < 4.78 is 0. The van der Waals surface area contributed by atoms with Gasteiger partial charge in [-0.3, -0.25) is 9.78 Å². The van der Waals surface area contributed by atoms with E-state index in [2.05, 4.69) is 10.3 Å². The monoisotopic (exact) mass is 284 g/mol. The number of carbonyl (C=O) groups excluding carboxylic acids is 1. The third-order valence-electron chi connectivity index (χ3n) is 3.19. The molecule has 0 aliphatic heterocycles. The van der Waals surface area contributed by atoms with Crippen molar-refractivity contribution in [2.24, 2.45) is 0 Å². The largest absolute Gasteiger partial charge is 0.478 e. The van der Waals surface area contributed by atoms with Crippen LogP contribution in [0, 0.1) is 13.8 Å². The summed E-state index contributed by atoms with van der Waals surface area (Å²) in [7, 11) is 0. The minimum atomic E-state index is -0.986. The first kappa shape index (κ1) is 14.7. The van der Waals surface area contributed by atoms with E-state index in [1.807, 2.05) is 19.1 Å². The molecule has 1 heterocycles. The van der Waals surface area contributed by atoms with Gasteiger partial charge >= 0.3 is 5.97 Å². The standard InChI is InChI=1S/C16H16N2O3/c1-10-4-3-7-17-14(10)9-15(19)18-13-6-5-12(16(20)21)8-11(13)2/h3-8H,9H2,1-2H3,(H,18,19)(H,20,21). The Morgan fingerprint density at radius 2 is 1.95 bits per heavy atom. The molecule has 0 unspecified atom stereocenters. The Balaban J connectivity index is 2.10. The van der Waals surface area contributed by atoms with E-state index >= 15 is 0 Å². The number of anilines is 1. The number of rotatable bonds is 4. The minimum absolute atomic E-state index is 0.178. The smallest absolute Gasteiger partial charge is 0.335 e. The highest BCUT2D eigenvalue weighted by atomic mass is 16.4. The van der Waals surface area contributed by atoms with Crippen LogP contribution < -0.4 is 5.32 Å². The Morgan fingerprint density at radius 1 is 1.19 bits per heavy atom. The molecule has 0 bridgehead atoms. The topological polar surface area (TPSA) is 79.3 Å². The molecule has 108 valence electrons. The molecule has 2 N–H and O–H groups in total. The van der Waals surface area contributed by atoms with E-state index in [1.165, 1.54) is 12.1 Å². The Kier molecular flexibility index (Phi) is 4.33. The molecule has 5 heteroatoms. The van der Waals surface area contributed by atoms with Crippen LogP contribution in [0.5, 0.6) is 0 Å². The first-order valence-electron chi connectivity index (χ1n) is 6.51. The number of benzene rings is 1. The van der Waals surface area contributed by atoms with Gasteiger partial charge in [0, 0.05) is 11.9 Å². The first-order chi connectivity index (χ1) is 9.97. The van der Waals surface area contributed by atoms with Crippen LogP contribution in [0.3, 0.4) is 0 Å². The SMILES string of the molecule is Cc1cc(C(=O)O)ccc1NC(=O)Cc1ncccc1C. The Bertz CT molecular complexity index is 696.